The fourth-order valence-corrected chi connectivity index (χ4v) is 2.78. The van der Waals surface area contributed by atoms with Gasteiger partial charge < -0.3 is 15.2 Å². The van der Waals surface area contributed by atoms with Gasteiger partial charge in [0.25, 0.3) is 0 Å². The van der Waals surface area contributed by atoms with E-state index >= 15 is 0 Å². The van der Waals surface area contributed by atoms with Gasteiger partial charge in [-0.25, -0.2) is 18.6 Å². The van der Waals surface area contributed by atoms with Crippen LogP contribution in [0.3, 0.4) is 0 Å². The van der Waals surface area contributed by atoms with Crippen LogP contribution in [0.25, 0.3) is 11.0 Å². The quantitative estimate of drug-likeness (QED) is 0.466. The Bertz CT molecular complexity index is 1240. The minimum absolute atomic E-state index is 0.284. The first kappa shape index (κ1) is 22.6. The van der Waals surface area contributed by atoms with Crippen LogP contribution in [-0.2, 0) is 9.47 Å². The van der Waals surface area contributed by atoms with Crippen LogP contribution >= 0.6 is 0 Å². The second-order valence-electron chi connectivity index (χ2n) is 7.81. The van der Waals surface area contributed by atoms with E-state index in [-0.39, 0.29) is 6.61 Å². The van der Waals surface area contributed by atoms with E-state index in [1.165, 1.54) is 10.7 Å². The van der Waals surface area contributed by atoms with Gasteiger partial charge in [0.1, 0.15) is 11.2 Å². The largest absolute Gasteiger partial charge is 0.462 e. The number of amides is 1. The summed E-state index contributed by atoms with van der Waals surface area (Å²) in [7, 11) is 0. The molecule has 0 aliphatic carbocycles. The maximum absolute atomic E-state index is 11.9. The number of ether oxygens (including phenoxy) is 2. The lowest BCUT2D eigenvalue weighted by molar-refractivity contribution is 0.0527. The summed E-state index contributed by atoms with van der Waals surface area (Å²) in [6, 6.07) is 8.92. The highest BCUT2D eigenvalue weighted by molar-refractivity contribution is 5.98. The van der Waals surface area contributed by atoms with Gasteiger partial charge in [-0.3, -0.25) is 5.32 Å². The van der Waals surface area contributed by atoms with E-state index in [0.717, 1.165) is 11.2 Å². The molecule has 0 aliphatic rings. The Kier molecular flexibility index (Phi) is 6.62. The lowest BCUT2D eigenvalue weighted by Crippen LogP contribution is -2.27. The van der Waals surface area contributed by atoms with Crippen molar-refractivity contribution in [3.63, 3.8) is 0 Å². The van der Waals surface area contributed by atoms with E-state index in [1.807, 2.05) is 24.4 Å². The molecule has 0 aromatic carbocycles. The average Bonchev–Trinajstić information content (AvgIpc) is 3.33. The van der Waals surface area contributed by atoms with E-state index in [9.17, 15) is 9.59 Å². The van der Waals surface area contributed by atoms with Crippen molar-refractivity contribution in [3.05, 3.63) is 60.7 Å². The Hall–Kier alpha value is -4.08. The lowest BCUT2D eigenvalue weighted by atomic mass is 10.2. The predicted octanol–water partition coefficient (Wildman–Crippen LogP) is 3.77. The standard InChI is InChI=1S/C15H19N3O4.C7H7N3/c1-5-21-13(19)11-9-16-18-7-6-10(8-12(11)18)17-14(20)22-15(2,3)4;8-6-2-4-10-7(5-6)1-3-9-10/h6-9H,5H2,1-4H3,(H,17,20);1-5H,8H2. The van der Waals surface area contributed by atoms with Gasteiger partial charge in [-0.2, -0.15) is 10.2 Å². The summed E-state index contributed by atoms with van der Waals surface area (Å²) < 4.78 is 13.5. The number of hydrogen-bond donors (Lipinski definition) is 2. The topological polar surface area (TPSA) is 125 Å². The fraction of sp³-hybridized carbons (Fsp3) is 0.273. The van der Waals surface area contributed by atoms with Crippen molar-refractivity contribution in [1.29, 1.82) is 0 Å². The van der Waals surface area contributed by atoms with E-state index in [1.54, 1.807) is 56.7 Å². The van der Waals surface area contributed by atoms with Crippen LogP contribution < -0.4 is 11.1 Å². The van der Waals surface area contributed by atoms with Crippen molar-refractivity contribution in [2.75, 3.05) is 17.7 Å². The Morgan fingerprint density at radius 2 is 1.84 bits per heavy atom. The minimum Gasteiger partial charge on any atom is -0.462 e. The molecule has 32 heavy (non-hydrogen) atoms. The molecular formula is C22H26N6O4. The Morgan fingerprint density at radius 1 is 1.09 bits per heavy atom. The average molecular weight is 438 g/mol. The van der Waals surface area contributed by atoms with E-state index in [4.69, 9.17) is 15.2 Å². The number of fused-ring (bicyclic) bond motifs is 2. The number of nitrogens with one attached hydrogen (secondary N) is 1. The summed E-state index contributed by atoms with van der Waals surface area (Å²) in [5.74, 6) is -0.452. The van der Waals surface area contributed by atoms with Gasteiger partial charge >= 0.3 is 12.1 Å². The molecule has 0 saturated heterocycles. The summed E-state index contributed by atoms with van der Waals surface area (Å²) in [5, 5.41) is 10.7. The molecule has 0 bridgehead atoms. The van der Waals surface area contributed by atoms with Gasteiger partial charge in [0.2, 0.25) is 0 Å². The number of carbonyl (C=O) groups excluding carboxylic acids is 2. The number of rotatable bonds is 3. The first-order chi connectivity index (χ1) is 15.2. The molecule has 4 rings (SSSR count). The zero-order valence-electron chi connectivity index (χ0n) is 18.4. The molecule has 0 fully saturated rings. The van der Waals surface area contributed by atoms with Crippen molar-refractivity contribution in [1.82, 2.24) is 19.2 Å². The third-order valence-corrected chi connectivity index (χ3v) is 4.09. The molecule has 0 spiro atoms. The van der Waals surface area contributed by atoms with E-state index < -0.39 is 17.7 Å². The number of esters is 1. The van der Waals surface area contributed by atoms with Gasteiger partial charge in [0.05, 0.1) is 23.8 Å². The molecule has 0 aliphatic heterocycles. The van der Waals surface area contributed by atoms with Gasteiger partial charge in [0, 0.05) is 30.0 Å². The smallest absolute Gasteiger partial charge is 0.412 e. The number of nitrogens with two attached hydrogens (primary N) is 1. The van der Waals surface area contributed by atoms with Gasteiger partial charge in [-0.1, -0.05) is 0 Å². The molecule has 0 saturated carbocycles. The molecule has 4 heterocycles. The zero-order chi connectivity index (χ0) is 23.3. The van der Waals surface area contributed by atoms with Crippen LogP contribution in [0.5, 0.6) is 0 Å². The van der Waals surface area contributed by atoms with Crippen molar-refractivity contribution in [3.8, 4) is 0 Å². The maximum Gasteiger partial charge on any atom is 0.412 e. The lowest BCUT2D eigenvalue weighted by Gasteiger charge is -2.19. The van der Waals surface area contributed by atoms with Crippen molar-refractivity contribution >= 4 is 34.5 Å². The normalized spacial score (nSPS) is 11.0. The Labute approximate surface area is 184 Å². The third-order valence-electron chi connectivity index (χ3n) is 4.09. The van der Waals surface area contributed by atoms with E-state index in [2.05, 4.69) is 15.5 Å². The number of anilines is 2. The zero-order valence-corrected chi connectivity index (χ0v) is 18.4. The first-order valence-electron chi connectivity index (χ1n) is 9.99. The Morgan fingerprint density at radius 3 is 2.56 bits per heavy atom. The molecule has 0 atom stereocenters. The van der Waals surface area contributed by atoms with Crippen LogP contribution in [0.2, 0.25) is 0 Å². The number of nitrogen functional groups attached to an aromatic ring is 1. The molecule has 10 heteroatoms. The highest BCUT2D eigenvalue weighted by Crippen LogP contribution is 2.18. The van der Waals surface area contributed by atoms with Gasteiger partial charge in [-0.15, -0.1) is 0 Å². The van der Waals surface area contributed by atoms with Crippen LogP contribution in [0.1, 0.15) is 38.1 Å². The highest BCUT2D eigenvalue weighted by atomic mass is 16.6. The summed E-state index contributed by atoms with van der Waals surface area (Å²) >= 11 is 0. The van der Waals surface area contributed by atoms with Crippen LogP contribution in [0, 0.1) is 0 Å². The maximum atomic E-state index is 11.9. The van der Waals surface area contributed by atoms with Gasteiger partial charge in [0.15, 0.2) is 0 Å². The predicted molar refractivity (Wildman–Crippen MR) is 121 cm³/mol. The summed E-state index contributed by atoms with van der Waals surface area (Å²) in [6.45, 7) is 7.37. The second-order valence-corrected chi connectivity index (χ2v) is 7.81. The van der Waals surface area contributed by atoms with Crippen LogP contribution in [0.4, 0.5) is 16.2 Å². The molecule has 168 valence electrons. The highest BCUT2D eigenvalue weighted by Gasteiger charge is 2.18. The molecule has 1 amide bonds. The van der Waals surface area contributed by atoms with Gasteiger partial charge in [-0.05, 0) is 58.0 Å². The number of aromatic nitrogens is 4. The molecular weight excluding hydrogens is 412 g/mol. The second kappa shape index (κ2) is 9.38. The first-order valence-corrected chi connectivity index (χ1v) is 9.99. The fourth-order valence-electron chi connectivity index (χ4n) is 2.78. The molecule has 3 N–H and O–H groups in total. The molecule has 10 nitrogen and oxygen atoms in total. The minimum atomic E-state index is -0.582. The number of nitrogens with zero attached hydrogens (tertiary/aromatic N) is 4. The molecule has 4 aromatic rings. The van der Waals surface area contributed by atoms with Crippen LogP contribution in [-0.4, -0.2) is 43.5 Å². The third kappa shape index (κ3) is 5.75. The van der Waals surface area contributed by atoms with Crippen LogP contribution in [0.15, 0.2) is 55.1 Å². The number of pyridine rings is 2. The summed E-state index contributed by atoms with van der Waals surface area (Å²) in [4.78, 5) is 23.6. The summed E-state index contributed by atoms with van der Waals surface area (Å²) in [5.41, 5.74) is 8.16. The number of hydrogen-bond acceptors (Lipinski definition) is 7. The summed E-state index contributed by atoms with van der Waals surface area (Å²) in [6.07, 6.45) is 6.10. The SMILES string of the molecule is CCOC(=O)c1cnn2ccc(NC(=O)OC(C)(C)C)cc12.Nc1ccn2nccc2c1. The number of carbonyl (C=O) groups is 2. The molecule has 0 radical (unpaired) electrons. The van der Waals surface area contributed by atoms with E-state index in [0.29, 0.717) is 16.8 Å². The Balaban J connectivity index is 0.000000238. The molecule has 4 aromatic heterocycles. The van der Waals surface area contributed by atoms with Crippen molar-refractivity contribution < 1.29 is 19.1 Å². The van der Waals surface area contributed by atoms with Crippen molar-refractivity contribution in [2.24, 2.45) is 0 Å². The monoisotopic (exact) mass is 438 g/mol. The molecule has 0 unspecified atom stereocenters. The van der Waals surface area contributed by atoms with Crippen molar-refractivity contribution in [2.45, 2.75) is 33.3 Å².